The van der Waals surface area contributed by atoms with Gasteiger partial charge in [0.05, 0.1) is 5.41 Å². The van der Waals surface area contributed by atoms with Crippen LogP contribution in [0.1, 0.15) is 68.4 Å². The van der Waals surface area contributed by atoms with Gasteiger partial charge in [-0.3, -0.25) is 24.6 Å². The van der Waals surface area contributed by atoms with Crippen LogP contribution in [0, 0.1) is 5.92 Å². The minimum Gasteiger partial charge on any atom is -0.317 e. The van der Waals surface area contributed by atoms with E-state index in [0.29, 0.717) is 12.3 Å². The van der Waals surface area contributed by atoms with Crippen LogP contribution in [-0.4, -0.2) is 61.4 Å². The number of nitrogens with zero attached hydrogens (tertiary/aromatic N) is 2. The fourth-order valence-corrected chi connectivity index (χ4v) is 6.58. The number of hydrogen-bond donors (Lipinski definition) is 2. The van der Waals surface area contributed by atoms with Crippen LogP contribution in [0.25, 0.3) is 0 Å². The normalized spacial score (nSPS) is 28.3. The van der Waals surface area contributed by atoms with Gasteiger partial charge in [-0.15, -0.1) is 0 Å². The number of rotatable bonds is 4. The minimum atomic E-state index is -0.571. The standard InChI is InChI=1S/C26H34N4O3/c31-23-4-3-22(24(32)28-23)30-21-2-1-19(15-20(21)26(9-10-26)25(30)33)18-7-13-29(14-8-18)16-17-5-11-27-12-6-17/h1-2,15,17-18,22,27H,3-14,16H2,(H,28,31,32). The molecule has 3 saturated heterocycles. The largest absolute Gasteiger partial charge is 0.317 e. The van der Waals surface area contributed by atoms with Gasteiger partial charge in [-0.25, -0.2) is 0 Å². The van der Waals surface area contributed by atoms with E-state index in [1.807, 2.05) is 0 Å². The number of nitrogens with one attached hydrogen (secondary N) is 2. The quantitative estimate of drug-likeness (QED) is 0.687. The first-order chi connectivity index (χ1) is 16.0. The van der Waals surface area contributed by atoms with Crippen LogP contribution >= 0.6 is 0 Å². The molecule has 1 spiro atoms. The average molecular weight is 451 g/mol. The Morgan fingerprint density at radius 1 is 0.970 bits per heavy atom. The number of carbonyl (C=O) groups excluding carboxylic acids is 3. The SMILES string of the molecule is O=C1CCC(N2C(=O)C3(CC3)c3cc(C4CCN(CC5CCNCC5)CC4)ccc32)C(=O)N1. The summed E-state index contributed by atoms with van der Waals surface area (Å²) >= 11 is 0. The maximum atomic E-state index is 13.4. The van der Waals surface area contributed by atoms with E-state index < -0.39 is 11.5 Å². The summed E-state index contributed by atoms with van der Waals surface area (Å²) in [5, 5.41) is 5.88. The molecule has 7 nitrogen and oxygen atoms in total. The zero-order chi connectivity index (χ0) is 22.6. The lowest BCUT2D eigenvalue weighted by Crippen LogP contribution is -2.54. The summed E-state index contributed by atoms with van der Waals surface area (Å²) in [5.41, 5.74) is 2.92. The van der Waals surface area contributed by atoms with Gasteiger partial charge in [0.1, 0.15) is 6.04 Å². The fraction of sp³-hybridized carbons (Fsp3) is 0.654. The molecule has 1 atom stereocenters. The van der Waals surface area contributed by atoms with Crippen molar-refractivity contribution >= 4 is 23.4 Å². The van der Waals surface area contributed by atoms with Crippen molar-refractivity contribution in [2.45, 2.75) is 68.7 Å². The Bertz CT molecular complexity index is 974. The van der Waals surface area contributed by atoms with Gasteiger partial charge in [-0.1, -0.05) is 12.1 Å². The van der Waals surface area contributed by atoms with Crippen LogP contribution in [0.15, 0.2) is 18.2 Å². The van der Waals surface area contributed by atoms with Gasteiger partial charge in [0.2, 0.25) is 17.7 Å². The number of carbonyl (C=O) groups is 3. The van der Waals surface area contributed by atoms with E-state index in [1.54, 1.807) is 4.90 Å². The van der Waals surface area contributed by atoms with Gasteiger partial charge in [0, 0.05) is 18.7 Å². The summed E-state index contributed by atoms with van der Waals surface area (Å²) in [7, 11) is 0. The molecule has 1 aromatic carbocycles. The molecule has 7 heteroatoms. The van der Waals surface area contributed by atoms with Crippen molar-refractivity contribution in [1.29, 1.82) is 0 Å². The highest BCUT2D eigenvalue weighted by Crippen LogP contribution is 2.58. The Kier molecular flexibility index (Phi) is 5.29. The zero-order valence-corrected chi connectivity index (χ0v) is 19.3. The number of likely N-dealkylation sites (tertiary alicyclic amines) is 1. The molecule has 33 heavy (non-hydrogen) atoms. The van der Waals surface area contributed by atoms with E-state index in [9.17, 15) is 14.4 Å². The van der Waals surface area contributed by atoms with E-state index in [0.717, 1.165) is 56.2 Å². The minimum absolute atomic E-state index is 0.0564. The second kappa shape index (κ2) is 8.20. The van der Waals surface area contributed by atoms with Crippen LogP contribution < -0.4 is 15.5 Å². The second-order valence-electron chi connectivity index (χ2n) is 10.8. The zero-order valence-electron chi connectivity index (χ0n) is 19.3. The van der Waals surface area contributed by atoms with Gasteiger partial charge in [0.25, 0.3) is 0 Å². The van der Waals surface area contributed by atoms with E-state index in [2.05, 4.69) is 33.7 Å². The molecule has 5 aliphatic rings. The van der Waals surface area contributed by atoms with E-state index >= 15 is 0 Å². The number of piperidine rings is 3. The number of amides is 3. The van der Waals surface area contributed by atoms with Gasteiger partial charge >= 0.3 is 0 Å². The molecule has 1 saturated carbocycles. The Balaban J connectivity index is 1.18. The third-order valence-electron chi connectivity index (χ3n) is 8.73. The van der Waals surface area contributed by atoms with Crippen LogP contribution in [0.2, 0.25) is 0 Å². The molecule has 0 bridgehead atoms. The van der Waals surface area contributed by atoms with Crippen LogP contribution in [0.5, 0.6) is 0 Å². The van der Waals surface area contributed by atoms with Crippen molar-refractivity contribution < 1.29 is 14.4 Å². The summed E-state index contributed by atoms with van der Waals surface area (Å²) in [6.45, 7) is 5.85. The van der Waals surface area contributed by atoms with E-state index in [1.165, 1.54) is 37.8 Å². The van der Waals surface area contributed by atoms with Gasteiger partial charge < -0.3 is 10.2 Å². The number of hydrogen-bond acceptors (Lipinski definition) is 5. The number of fused-ring (bicyclic) bond motifs is 2. The molecule has 1 unspecified atom stereocenters. The van der Waals surface area contributed by atoms with Crippen molar-refractivity contribution in [1.82, 2.24) is 15.5 Å². The van der Waals surface area contributed by atoms with E-state index in [4.69, 9.17) is 0 Å². The van der Waals surface area contributed by atoms with Gasteiger partial charge in [-0.05, 0) is 100 Å². The lowest BCUT2D eigenvalue weighted by atomic mass is 9.85. The first-order valence-corrected chi connectivity index (χ1v) is 12.8. The summed E-state index contributed by atoms with van der Waals surface area (Å²) in [4.78, 5) is 41.9. The van der Waals surface area contributed by atoms with Crippen molar-refractivity contribution in [3.8, 4) is 0 Å². The third-order valence-corrected chi connectivity index (χ3v) is 8.73. The molecule has 4 heterocycles. The topological polar surface area (TPSA) is 81.8 Å². The summed E-state index contributed by atoms with van der Waals surface area (Å²) < 4.78 is 0. The van der Waals surface area contributed by atoms with Crippen molar-refractivity contribution in [3.05, 3.63) is 29.3 Å². The van der Waals surface area contributed by atoms with Crippen LogP contribution in [0.4, 0.5) is 5.69 Å². The predicted octanol–water partition coefficient (Wildman–Crippen LogP) is 2.05. The Morgan fingerprint density at radius 2 is 1.73 bits per heavy atom. The van der Waals surface area contributed by atoms with Gasteiger partial charge in [-0.2, -0.15) is 0 Å². The molecular weight excluding hydrogens is 416 g/mol. The molecule has 4 fully saturated rings. The van der Waals surface area contributed by atoms with Crippen molar-refractivity contribution in [2.24, 2.45) is 5.92 Å². The number of anilines is 1. The maximum absolute atomic E-state index is 13.4. The highest BCUT2D eigenvalue weighted by molar-refractivity contribution is 6.15. The molecule has 0 radical (unpaired) electrons. The molecule has 2 N–H and O–H groups in total. The highest BCUT2D eigenvalue weighted by atomic mass is 16.2. The molecule has 6 rings (SSSR count). The first kappa shape index (κ1) is 21.3. The number of imide groups is 1. The molecule has 3 amide bonds. The monoisotopic (exact) mass is 450 g/mol. The van der Waals surface area contributed by atoms with E-state index in [-0.39, 0.29) is 24.1 Å². The maximum Gasteiger partial charge on any atom is 0.249 e. The Morgan fingerprint density at radius 3 is 2.42 bits per heavy atom. The Labute approximate surface area is 195 Å². The molecule has 1 aliphatic carbocycles. The molecular formula is C26H34N4O3. The first-order valence-electron chi connectivity index (χ1n) is 12.8. The van der Waals surface area contributed by atoms with Crippen LogP contribution in [-0.2, 0) is 19.8 Å². The second-order valence-corrected chi connectivity index (χ2v) is 10.8. The lowest BCUT2D eigenvalue weighted by molar-refractivity contribution is -0.135. The molecule has 0 aromatic heterocycles. The predicted molar refractivity (Wildman–Crippen MR) is 125 cm³/mol. The average Bonchev–Trinajstić information content (AvgIpc) is 3.60. The lowest BCUT2D eigenvalue weighted by Gasteiger charge is -2.36. The van der Waals surface area contributed by atoms with Crippen LogP contribution in [0.3, 0.4) is 0 Å². The molecule has 176 valence electrons. The number of benzene rings is 1. The Hall–Kier alpha value is -2.25. The third kappa shape index (κ3) is 3.69. The summed E-state index contributed by atoms with van der Waals surface area (Å²) in [6.07, 6.45) is 7.35. The fourth-order valence-electron chi connectivity index (χ4n) is 6.58. The summed E-state index contributed by atoms with van der Waals surface area (Å²) in [6, 6.07) is 5.96. The van der Waals surface area contributed by atoms with Gasteiger partial charge in [0.15, 0.2) is 0 Å². The molecule has 1 aromatic rings. The van der Waals surface area contributed by atoms with Crippen molar-refractivity contribution in [3.63, 3.8) is 0 Å². The van der Waals surface area contributed by atoms with Crippen molar-refractivity contribution in [2.75, 3.05) is 37.6 Å². The highest BCUT2D eigenvalue weighted by Gasteiger charge is 2.61. The smallest absolute Gasteiger partial charge is 0.249 e. The summed E-state index contributed by atoms with van der Waals surface area (Å²) in [5.74, 6) is 0.845. The molecule has 4 aliphatic heterocycles.